The largest absolute Gasteiger partial charge is 0.477 e. The molecule has 0 bridgehead atoms. The van der Waals surface area contributed by atoms with E-state index in [0.29, 0.717) is 36.9 Å². The summed E-state index contributed by atoms with van der Waals surface area (Å²) < 4.78 is 12.1. The van der Waals surface area contributed by atoms with E-state index >= 15 is 0 Å². The summed E-state index contributed by atoms with van der Waals surface area (Å²) in [6.45, 7) is 5.95. The zero-order valence-electron chi connectivity index (χ0n) is 17.7. The number of ketones is 1. The van der Waals surface area contributed by atoms with E-state index in [4.69, 9.17) is 9.47 Å². The number of aryl methyl sites for hydroxylation is 1. The van der Waals surface area contributed by atoms with Gasteiger partial charge in [-0.2, -0.15) is 0 Å². The van der Waals surface area contributed by atoms with Crippen molar-refractivity contribution in [2.75, 3.05) is 6.73 Å². The number of carbonyl (C=O) groups excluding carboxylic acids is 1. The van der Waals surface area contributed by atoms with Crippen LogP contribution < -0.4 is 9.47 Å². The number of fused-ring (bicyclic) bond motifs is 2. The van der Waals surface area contributed by atoms with Gasteiger partial charge < -0.3 is 9.47 Å². The minimum Gasteiger partial charge on any atom is -0.477 e. The Labute approximate surface area is 181 Å². The van der Waals surface area contributed by atoms with Crippen LogP contribution in [0.15, 0.2) is 60.5 Å². The van der Waals surface area contributed by atoms with Crippen LogP contribution in [0.5, 0.6) is 11.5 Å². The average molecular weight is 412 g/mol. The Kier molecular flexibility index (Phi) is 5.04. The zero-order chi connectivity index (χ0) is 21.4. The van der Waals surface area contributed by atoms with Crippen molar-refractivity contribution in [3.63, 3.8) is 0 Å². The van der Waals surface area contributed by atoms with Crippen molar-refractivity contribution >= 4 is 11.9 Å². The van der Waals surface area contributed by atoms with Gasteiger partial charge in [-0.3, -0.25) is 14.7 Å². The number of Topliss-reactive ketones (excluding diaryl/α,β-unsaturated/α-hetero) is 1. The molecule has 31 heavy (non-hydrogen) atoms. The molecule has 5 rings (SSSR count). The molecule has 0 saturated carbocycles. The van der Waals surface area contributed by atoms with E-state index in [1.165, 1.54) is 5.56 Å². The van der Waals surface area contributed by atoms with Crippen molar-refractivity contribution in [2.24, 2.45) is 0 Å². The van der Waals surface area contributed by atoms with Crippen LogP contribution in [-0.4, -0.2) is 22.4 Å². The van der Waals surface area contributed by atoms with Gasteiger partial charge in [0.05, 0.1) is 11.3 Å². The van der Waals surface area contributed by atoms with Gasteiger partial charge in [-0.15, -0.1) is 0 Å². The first-order valence-electron chi connectivity index (χ1n) is 10.6. The molecule has 2 aliphatic heterocycles. The molecule has 0 N–H and O–H groups in total. The number of hydrogen-bond donors (Lipinski definition) is 0. The summed E-state index contributed by atoms with van der Waals surface area (Å²) in [5.74, 6) is 1.70. The fourth-order valence-electron chi connectivity index (χ4n) is 4.12. The molecule has 156 valence electrons. The highest BCUT2D eigenvalue weighted by atomic mass is 16.5. The van der Waals surface area contributed by atoms with Crippen LogP contribution in [0.3, 0.4) is 0 Å². The molecule has 2 aromatic carbocycles. The van der Waals surface area contributed by atoms with Gasteiger partial charge in [-0.25, -0.2) is 0 Å². The number of allylic oxidation sites excluding steroid dienone is 1. The van der Waals surface area contributed by atoms with E-state index in [1.54, 1.807) is 6.20 Å². The second-order valence-electron chi connectivity index (χ2n) is 7.98. The first kappa shape index (κ1) is 19.5. The van der Waals surface area contributed by atoms with Gasteiger partial charge in [0.2, 0.25) is 5.78 Å². The molecule has 3 heterocycles. The average Bonchev–Trinajstić information content (AvgIpc) is 3.11. The summed E-state index contributed by atoms with van der Waals surface area (Å²) in [7, 11) is 0. The van der Waals surface area contributed by atoms with Crippen LogP contribution in [-0.2, 0) is 19.5 Å². The van der Waals surface area contributed by atoms with Gasteiger partial charge in [0, 0.05) is 30.4 Å². The second kappa shape index (κ2) is 8.00. The van der Waals surface area contributed by atoms with Crippen molar-refractivity contribution in [3.05, 3.63) is 94.0 Å². The van der Waals surface area contributed by atoms with Crippen molar-refractivity contribution in [2.45, 2.75) is 33.4 Å². The molecule has 0 fully saturated rings. The molecule has 3 aromatic rings. The van der Waals surface area contributed by atoms with Crippen LogP contribution in [0, 0.1) is 6.92 Å². The molecule has 0 amide bonds. The summed E-state index contributed by atoms with van der Waals surface area (Å²) in [6, 6.07) is 16.0. The third-order valence-corrected chi connectivity index (χ3v) is 5.80. The lowest BCUT2D eigenvalue weighted by molar-refractivity contribution is 0.0865. The van der Waals surface area contributed by atoms with Crippen LogP contribution in [0.1, 0.15) is 45.2 Å². The van der Waals surface area contributed by atoms with Crippen LogP contribution >= 0.6 is 0 Å². The first-order valence-corrected chi connectivity index (χ1v) is 10.6. The quantitative estimate of drug-likeness (QED) is 0.569. The lowest BCUT2D eigenvalue weighted by atomic mass is 10.00. The molecule has 0 atom stereocenters. The molecule has 2 aliphatic rings. The molecule has 0 unspecified atom stereocenters. The summed E-state index contributed by atoms with van der Waals surface area (Å²) in [6.07, 6.45) is 4.60. The van der Waals surface area contributed by atoms with Gasteiger partial charge in [0.1, 0.15) is 18.2 Å². The van der Waals surface area contributed by atoms with E-state index in [1.807, 2.05) is 49.4 Å². The maximum atomic E-state index is 13.1. The topological polar surface area (TPSA) is 51.7 Å². The normalized spacial score (nSPS) is 16.6. The van der Waals surface area contributed by atoms with E-state index in [0.717, 1.165) is 34.6 Å². The maximum Gasteiger partial charge on any atom is 0.231 e. The molecule has 0 radical (unpaired) electrons. The number of rotatable bonds is 4. The first-order chi connectivity index (χ1) is 15.1. The minimum atomic E-state index is -0.0812. The molecule has 0 spiro atoms. The smallest absolute Gasteiger partial charge is 0.231 e. The fraction of sp³-hybridized carbons (Fsp3) is 0.231. The van der Waals surface area contributed by atoms with Crippen LogP contribution in [0.4, 0.5) is 0 Å². The third-order valence-electron chi connectivity index (χ3n) is 5.80. The number of ether oxygens (including phenoxy) is 2. The lowest BCUT2D eigenvalue weighted by Gasteiger charge is -2.30. The van der Waals surface area contributed by atoms with Gasteiger partial charge in [-0.05, 0) is 48.7 Å². The number of pyridine rings is 1. The van der Waals surface area contributed by atoms with Crippen molar-refractivity contribution in [3.8, 4) is 11.5 Å². The molecule has 5 heteroatoms. The number of hydrogen-bond acceptors (Lipinski definition) is 5. The zero-order valence-corrected chi connectivity index (χ0v) is 17.7. The lowest BCUT2D eigenvalue weighted by Crippen LogP contribution is -2.32. The minimum absolute atomic E-state index is 0.0812. The van der Waals surface area contributed by atoms with E-state index < -0.39 is 0 Å². The highest BCUT2D eigenvalue weighted by Gasteiger charge is 2.33. The maximum absolute atomic E-state index is 13.1. The van der Waals surface area contributed by atoms with Crippen LogP contribution in [0.25, 0.3) is 6.08 Å². The van der Waals surface area contributed by atoms with Crippen molar-refractivity contribution < 1.29 is 14.3 Å². The molecule has 5 nitrogen and oxygen atoms in total. The Morgan fingerprint density at radius 3 is 2.71 bits per heavy atom. The Morgan fingerprint density at radius 1 is 1.13 bits per heavy atom. The highest BCUT2D eigenvalue weighted by Crippen LogP contribution is 2.43. The molecular formula is C26H24N2O3. The SMILES string of the molecule is CCc1ccc(/C=C2\Oc3c(cc4c(c3C)OCN(Cc3ccccn3)C4)C2=O)cc1. The van der Waals surface area contributed by atoms with E-state index in [-0.39, 0.29) is 5.78 Å². The van der Waals surface area contributed by atoms with Crippen molar-refractivity contribution in [1.82, 2.24) is 9.88 Å². The Balaban J connectivity index is 1.41. The summed E-state index contributed by atoms with van der Waals surface area (Å²) in [4.78, 5) is 19.6. The summed E-state index contributed by atoms with van der Waals surface area (Å²) in [5.41, 5.74) is 5.70. The molecule has 0 aliphatic carbocycles. The standard InChI is InChI=1S/C26H24N2O3/c1-3-18-7-9-19(10-8-18)12-23-24(29)22-13-20-14-28(15-21-6-4-5-11-27-21)16-30-25(20)17(2)26(22)31-23/h4-13H,3,14-16H2,1-2H3/b23-12-. The van der Waals surface area contributed by atoms with Gasteiger partial charge in [0.25, 0.3) is 0 Å². The molecular weight excluding hydrogens is 388 g/mol. The fourth-order valence-corrected chi connectivity index (χ4v) is 4.12. The summed E-state index contributed by atoms with van der Waals surface area (Å²) >= 11 is 0. The monoisotopic (exact) mass is 412 g/mol. The van der Waals surface area contributed by atoms with Crippen molar-refractivity contribution in [1.29, 1.82) is 0 Å². The van der Waals surface area contributed by atoms with E-state index in [9.17, 15) is 4.79 Å². The Hall–Kier alpha value is -3.44. The van der Waals surface area contributed by atoms with Crippen LogP contribution in [0.2, 0.25) is 0 Å². The number of aromatic nitrogens is 1. The highest BCUT2D eigenvalue weighted by molar-refractivity contribution is 6.15. The van der Waals surface area contributed by atoms with E-state index in [2.05, 4.69) is 28.9 Å². The van der Waals surface area contributed by atoms with Gasteiger partial charge in [0.15, 0.2) is 5.76 Å². The predicted molar refractivity (Wildman–Crippen MR) is 119 cm³/mol. The second-order valence-corrected chi connectivity index (χ2v) is 7.98. The summed E-state index contributed by atoms with van der Waals surface area (Å²) in [5, 5.41) is 0. The van der Waals surface area contributed by atoms with Gasteiger partial charge in [-0.1, -0.05) is 37.3 Å². The number of carbonyl (C=O) groups is 1. The molecule has 1 aromatic heterocycles. The number of nitrogens with zero attached hydrogens (tertiary/aromatic N) is 2. The number of benzene rings is 2. The third kappa shape index (κ3) is 3.73. The Bertz CT molecular complexity index is 1170. The molecule has 0 saturated heterocycles. The predicted octanol–water partition coefficient (Wildman–Crippen LogP) is 4.92. The Morgan fingerprint density at radius 2 is 1.97 bits per heavy atom. The van der Waals surface area contributed by atoms with Gasteiger partial charge >= 0.3 is 0 Å².